The Morgan fingerprint density at radius 1 is 0.941 bits per heavy atom. The summed E-state index contributed by atoms with van der Waals surface area (Å²) in [7, 11) is -2.25. The van der Waals surface area contributed by atoms with Crippen molar-refractivity contribution in [1.29, 1.82) is 0 Å². The third-order valence-electron chi connectivity index (χ3n) is 7.77. The fraction of sp³-hybridized carbons (Fsp3) is 0.731. The largest absolute Gasteiger partial charge is 0.495 e. The standard InChI is InChI=1S/C26H41N3O4S/c1-33-24-12-11-22(19-25(24)34(31,32)29-15-7-2-3-8-16-29)26(30)27-23-13-17-28(18-14-23)20-21-9-5-4-6-10-21/h11-12,19,21,23H,2-10,13-18,20H2,1H3,(H,27,30). The minimum absolute atomic E-state index is 0.0897. The van der Waals surface area contributed by atoms with Crippen molar-refractivity contribution in [2.45, 2.75) is 81.6 Å². The zero-order valence-electron chi connectivity index (χ0n) is 20.6. The third-order valence-corrected chi connectivity index (χ3v) is 9.69. The monoisotopic (exact) mass is 491 g/mol. The van der Waals surface area contributed by atoms with Crippen LogP contribution in [0, 0.1) is 5.92 Å². The number of carbonyl (C=O) groups excluding carboxylic acids is 1. The summed E-state index contributed by atoms with van der Waals surface area (Å²) in [5.74, 6) is 0.918. The van der Waals surface area contributed by atoms with Crippen LogP contribution in [0.25, 0.3) is 0 Å². The highest BCUT2D eigenvalue weighted by atomic mass is 32.2. The molecule has 1 N–H and O–H groups in total. The molecule has 1 aromatic carbocycles. The van der Waals surface area contributed by atoms with Crippen LogP contribution >= 0.6 is 0 Å². The van der Waals surface area contributed by atoms with Gasteiger partial charge in [-0.2, -0.15) is 4.31 Å². The van der Waals surface area contributed by atoms with Gasteiger partial charge >= 0.3 is 0 Å². The van der Waals surface area contributed by atoms with Crippen LogP contribution in [-0.2, 0) is 10.0 Å². The van der Waals surface area contributed by atoms with Crippen molar-refractivity contribution in [2.75, 3.05) is 39.8 Å². The molecule has 0 atom stereocenters. The molecule has 0 bridgehead atoms. The molecule has 4 rings (SSSR count). The van der Waals surface area contributed by atoms with E-state index in [-0.39, 0.29) is 22.6 Å². The summed E-state index contributed by atoms with van der Waals surface area (Å²) in [6, 6.07) is 4.88. The van der Waals surface area contributed by atoms with E-state index in [0.29, 0.717) is 18.7 Å². The number of amides is 1. The lowest BCUT2D eigenvalue weighted by Gasteiger charge is -2.35. The SMILES string of the molecule is COc1ccc(C(=O)NC2CCN(CC3CCCCC3)CC2)cc1S(=O)(=O)N1CCCCCC1. The molecule has 8 heteroatoms. The molecule has 2 heterocycles. The molecule has 34 heavy (non-hydrogen) atoms. The highest BCUT2D eigenvalue weighted by Gasteiger charge is 2.30. The van der Waals surface area contributed by atoms with E-state index >= 15 is 0 Å². The minimum Gasteiger partial charge on any atom is -0.495 e. The maximum atomic E-state index is 13.4. The summed E-state index contributed by atoms with van der Waals surface area (Å²) in [4.78, 5) is 15.7. The first-order valence-electron chi connectivity index (χ1n) is 13.2. The highest BCUT2D eigenvalue weighted by Crippen LogP contribution is 2.30. The van der Waals surface area contributed by atoms with Gasteiger partial charge in [0.2, 0.25) is 10.0 Å². The van der Waals surface area contributed by atoms with Crippen molar-refractivity contribution in [3.63, 3.8) is 0 Å². The van der Waals surface area contributed by atoms with Crippen LogP contribution in [0.5, 0.6) is 5.75 Å². The first-order chi connectivity index (χ1) is 16.5. The molecule has 2 aliphatic heterocycles. The maximum Gasteiger partial charge on any atom is 0.251 e. The molecule has 1 aliphatic carbocycles. The lowest BCUT2D eigenvalue weighted by Crippen LogP contribution is -2.46. The Kier molecular flexibility index (Phi) is 8.88. The molecule has 2 saturated heterocycles. The number of nitrogens with one attached hydrogen (secondary N) is 1. The van der Waals surface area contributed by atoms with Gasteiger partial charge in [-0.3, -0.25) is 4.79 Å². The van der Waals surface area contributed by atoms with Crippen LogP contribution in [0.15, 0.2) is 23.1 Å². The topological polar surface area (TPSA) is 79.0 Å². The molecule has 1 aromatic rings. The number of benzene rings is 1. The summed E-state index contributed by atoms with van der Waals surface area (Å²) in [6.45, 7) is 4.25. The molecule has 1 saturated carbocycles. The second kappa shape index (κ2) is 11.9. The fourth-order valence-electron chi connectivity index (χ4n) is 5.70. The minimum atomic E-state index is -3.72. The lowest BCUT2D eigenvalue weighted by molar-refractivity contribution is 0.0901. The number of sulfonamides is 1. The van der Waals surface area contributed by atoms with Crippen LogP contribution in [0.4, 0.5) is 0 Å². The number of rotatable bonds is 7. The van der Waals surface area contributed by atoms with Gasteiger partial charge in [-0.05, 0) is 62.6 Å². The molecule has 0 spiro atoms. The molecule has 3 aliphatic rings. The Morgan fingerprint density at radius 3 is 2.24 bits per heavy atom. The number of hydrogen-bond donors (Lipinski definition) is 1. The van der Waals surface area contributed by atoms with Gasteiger partial charge in [0.25, 0.3) is 5.91 Å². The predicted molar refractivity (Wildman–Crippen MR) is 134 cm³/mol. The van der Waals surface area contributed by atoms with Crippen molar-refractivity contribution < 1.29 is 17.9 Å². The van der Waals surface area contributed by atoms with Crippen molar-refractivity contribution in [1.82, 2.24) is 14.5 Å². The number of carbonyl (C=O) groups is 1. The zero-order valence-corrected chi connectivity index (χ0v) is 21.5. The second-order valence-electron chi connectivity index (χ2n) is 10.2. The van der Waals surface area contributed by atoms with E-state index in [4.69, 9.17) is 4.74 Å². The van der Waals surface area contributed by atoms with Crippen LogP contribution in [0.2, 0.25) is 0 Å². The lowest BCUT2D eigenvalue weighted by atomic mass is 9.88. The van der Waals surface area contributed by atoms with Crippen molar-refractivity contribution in [3.05, 3.63) is 23.8 Å². The van der Waals surface area contributed by atoms with E-state index in [0.717, 1.165) is 57.5 Å². The van der Waals surface area contributed by atoms with Crippen LogP contribution in [0.1, 0.15) is 81.0 Å². The van der Waals surface area contributed by atoms with Gasteiger partial charge < -0.3 is 15.0 Å². The van der Waals surface area contributed by atoms with Gasteiger partial charge in [0.1, 0.15) is 10.6 Å². The van der Waals surface area contributed by atoms with Crippen LogP contribution in [-0.4, -0.2) is 69.4 Å². The maximum absolute atomic E-state index is 13.4. The average molecular weight is 492 g/mol. The number of hydrogen-bond acceptors (Lipinski definition) is 5. The van der Waals surface area contributed by atoms with Gasteiger partial charge in [0.05, 0.1) is 7.11 Å². The van der Waals surface area contributed by atoms with Gasteiger partial charge in [0.15, 0.2) is 0 Å². The van der Waals surface area contributed by atoms with Gasteiger partial charge in [-0.1, -0.05) is 32.1 Å². The number of nitrogens with zero attached hydrogens (tertiary/aromatic N) is 2. The van der Waals surface area contributed by atoms with Crippen molar-refractivity contribution in [2.24, 2.45) is 5.92 Å². The number of piperidine rings is 1. The molecule has 0 aromatic heterocycles. The zero-order chi connectivity index (χ0) is 24.0. The Labute approximate surface area is 205 Å². The van der Waals surface area contributed by atoms with Crippen molar-refractivity contribution in [3.8, 4) is 5.75 Å². The first kappa shape index (κ1) is 25.5. The second-order valence-corrected chi connectivity index (χ2v) is 12.1. The highest BCUT2D eigenvalue weighted by molar-refractivity contribution is 7.89. The summed E-state index contributed by atoms with van der Waals surface area (Å²) >= 11 is 0. The summed E-state index contributed by atoms with van der Waals surface area (Å²) in [6.07, 6.45) is 12.5. The Bertz CT molecular complexity index is 914. The number of likely N-dealkylation sites (tertiary alicyclic amines) is 1. The quantitative estimate of drug-likeness (QED) is 0.623. The van der Waals surface area contributed by atoms with E-state index in [2.05, 4.69) is 10.2 Å². The normalized spacial score (nSPS) is 22.3. The Morgan fingerprint density at radius 2 is 1.59 bits per heavy atom. The van der Waals surface area contributed by atoms with E-state index < -0.39 is 10.0 Å². The molecule has 190 valence electrons. The molecule has 1 amide bonds. The first-order valence-corrected chi connectivity index (χ1v) is 14.6. The fourth-order valence-corrected chi connectivity index (χ4v) is 7.40. The molecular formula is C26H41N3O4S. The predicted octanol–water partition coefficient (Wildman–Crippen LogP) is 4.03. The average Bonchev–Trinajstić information content (AvgIpc) is 3.16. The van der Waals surface area contributed by atoms with Gasteiger partial charge in [0, 0.05) is 44.3 Å². The van der Waals surface area contributed by atoms with E-state index in [1.54, 1.807) is 16.4 Å². The molecule has 0 radical (unpaired) electrons. The molecule has 7 nitrogen and oxygen atoms in total. The van der Waals surface area contributed by atoms with Gasteiger partial charge in [-0.25, -0.2) is 8.42 Å². The smallest absolute Gasteiger partial charge is 0.251 e. The van der Waals surface area contributed by atoms with Crippen molar-refractivity contribution >= 4 is 15.9 Å². The van der Waals surface area contributed by atoms with Crippen LogP contribution in [0.3, 0.4) is 0 Å². The molecule has 3 fully saturated rings. The van der Waals surface area contributed by atoms with E-state index in [1.807, 2.05) is 0 Å². The van der Waals surface area contributed by atoms with Crippen LogP contribution < -0.4 is 10.1 Å². The molecule has 0 unspecified atom stereocenters. The molecular weight excluding hydrogens is 450 g/mol. The number of ether oxygens (including phenoxy) is 1. The Balaban J connectivity index is 1.38. The van der Waals surface area contributed by atoms with E-state index in [1.165, 1.54) is 51.8 Å². The van der Waals surface area contributed by atoms with Gasteiger partial charge in [-0.15, -0.1) is 0 Å². The summed E-state index contributed by atoms with van der Waals surface area (Å²) in [5, 5.41) is 3.15. The summed E-state index contributed by atoms with van der Waals surface area (Å²) < 4.78 is 33.7. The summed E-state index contributed by atoms with van der Waals surface area (Å²) in [5.41, 5.74) is 0.374. The third kappa shape index (κ3) is 6.32. The van der Waals surface area contributed by atoms with E-state index in [9.17, 15) is 13.2 Å². The Hall–Kier alpha value is -1.64. The number of methoxy groups -OCH3 is 1.